The van der Waals surface area contributed by atoms with Gasteiger partial charge in [0.2, 0.25) is 0 Å². The number of amides is 4. The standard InChI is InChI=1S/C21H22N4O2.C20H21N3O5S.C19H20N4O3.C19H20N4O2S/c1-23-17-10-6-5-9-16(17)19(18(22)21(23)27)24-11-13-25(14-12-24)20(26)15-7-3-2-4-8-15;1-21-15-7-4-3-6-14(15)17(18(20(21)25)29(2,26)27)22-9-11-23(12-10-22)19(24)16-8-5-13-28-16;2*1-21-14-6-3-2-5-13(14)17(16(20)19(21)25)22-8-10-23(11-9-22)18(24)15-7-4-12-26-15/h2-10H,11-14,22H2,1H3;3-8,13H,9-12H2,1-2H3;2*2-7,12H,8-11,20H2,1H3. The molecule has 4 amide bonds. The smallest absolute Gasteiger partial charge is 0.289 e. The summed E-state index contributed by atoms with van der Waals surface area (Å²) in [4.78, 5) is 116. The zero-order valence-electron chi connectivity index (χ0n) is 60.4. The van der Waals surface area contributed by atoms with Crippen LogP contribution in [0.4, 0.5) is 39.8 Å². The molecule has 4 aliphatic heterocycles. The normalized spacial score (nSPS) is 14.8. The van der Waals surface area contributed by atoms with E-state index in [1.807, 2.05) is 154 Å². The van der Waals surface area contributed by atoms with Gasteiger partial charge in [-0.2, -0.15) is 0 Å². The number of hydrogen-bond donors (Lipinski definition) is 3. The third kappa shape index (κ3) is 14.6. The summed E-state index contributed by atoms with van der Waals surface area (Å²) in [7, 11) is 3.01. The van der Waals surface area contributed by atoms with Gasteiger partial charge in [0.15, 0.2) is 26.3 Å². The second-order valence-corrected chi connectivity index (χ2v) is 29.6. The summed E-state index contributed by atoms with van der Waals surface area (Å²) in [5.41, 5.74) is 24.9. The Morgan fingerprint density at radius 3 is 0.981 bits per heavy atom. The fourth-order valence-corrected chi connectivity index (χ4v) is 16.3. The quantitative estimate of drug-likeness (QED) is 0.127. The average molecular weight is 1500 g/mol. The van der Waals surface area contributed by atoms with Crippen LogP contribution in [0.5, 0.6) is 0 Å². The highest BCUT2D eigenvalue weighted by molar-refractivity contribution is 7.90. The van der Waals surface area contributed by atoms with Crippen molar-refractivity contribution in [2.24, 2.45) is 28.2 Å². The monoisotopic (exact) mass is 1500 g/mol. The highest BCUT2D eigenvalue weighted by atomic mass is 32.2. The maximum atomic E-state index is 12.9. The molecule has 0 radical (unpaired) electrons. The van der Waals surface area contributed by atoms with E-state index in [2.05, 4.69) is 14.7 Å². The number of pyridine rings is 4. The van der Waals surface area contributed by atoms with E-state index in [1.165, 1.54) is 28.4 Å². The molecule has 6 N–H and O–H groups in total. The number of nitrogens with zero attached hydrogens (tertiary/aromatic N) is 12. The molecule has 0 bridgehead atoms. The lowest BCUT2D eigenvalue weighted by molar-refractivity contribution is 0.0708. The van der Waals surface area contributed by atoms with Crippen LogP contribution in [-0.4, -0.2) is 181 Å². The lowest BCUT2D eigenvalue weighted by atomic mass is 10.1. The van der Waals surface area contributed by atoms with Crippen molar-refractivity contribution in [1.29, 1.82) is 0 Å². The SMILES string of the molecule is Cn1c(=O)c(N)c(N2CCN(C(=O)c3ccccc3)CC2)c2ccccc21.Cn1c(=O)c(N)c(N2CCN(C(=O)c3ccco3)CC2)c2ccccc21.Cn1c(=O)c(N)c(N2CCN(C(=O)c3cccs3)CC2)c2ccccc21.Cn1c(=O)c(S(C)(=O)=O)c(N2CCN(C(=O)c3ccco3)CC2)c2ccccc21. The number of furan rings is 2. The molecule has 27 nitrogen and oxygen atoms in total. The number of rotatable bonds is 9. The molecule has 5 aromatic carbocycles. The number of aromatic nitrogens is 4. The van der Waals surface area contributed by atoms with Crippen LogP contribution in [0.2, 0.25) is 0 Å². The first kappa shape index (κ1) is 73.9. The highest BCUT2D eigenvalue weighted by Crippen LogP contribution is 2.36. The van der Waals surface area contributed by atoms with Crippen LogP contribution in [-0.2, 0) is 38.0 Å². The van der Waals surface area contributed by atoms with E-state index in [1.54, 1.807) is 82.0 Å². The summed E-state index contributed by atoms with van der Waals surface area (Å²) >= 11 is 1.46. The van der Waals surface area contributed by atoms with Gasteiger partial charge in [-0.05, 0) is 72.1 Å². The first-order valence-electron chi connectivity index (χ1n) is 35.3. The van der Waals surface area contributed by atoms with E-state index in [9.17, 15) is 46.8 Å². The summed E-state index contributed by atoms with van der Waals surface area (Å²) in [5.74, 6) is 0.410. The summed E-state index contributed by atoms with van der Waals surface area (Å²) in [5, 5.41) is 5.47. The second-order valence-electron chi connectivity index (χ2n) is 26.7. The Kier molecular flexibility index (Phi) is 21.5. The van der Waals surface area contributed by atoms with Gasteiger partial charge in [0.1, 0.15) is 17.1 Å². The molecule has 0 aliphatic carbocycles. The first-order valence-corrected chi connectivity index (χ1v) is 38.0. The molecule has 29 heteroatoms. The fraction of sp³-hybridized carbons (Fsp3) is 0.266. The van der Waals surface area contributed by atoms with Gasteiger partial charge in [0.05, 0.1) is 62.2 Å². The van der Waals surface area contributed by atoms with Crippen molar-refractivity contribution < 1.29 is 36.4 Å². The molecule has 0 atom stereocenters. The number of carbonyl (C=O) groups is 4. The van der Waals surface area contributed by atoms with Crippen LogP contribution >= 0.6 is 11.3 Å². The van der Waals surface area contributed by atoms with Crippen molar-refractivity contribution in [3.63, 3.8) is 0 Å². The molecule has 108 heavy (non-hydrogen) atoms. The van der Waals surface area contributed by atoms with E-state index < -0.39 is 15.4 Å². The minimum absolute atomic E-state index is 0.0389. The zero-order valence-corrected chi connectivity index (χ0v) is 62.1. The minimum atomic E-state index is -3.76. The van der Waals surface area contributed by atoms with Crippen LogP contribution in [0.3, 0.4) is 0 Å². The molecule has 558 valence electrons. The number of aryl methyl sites for hydroxylation is 4. The Balaban J connectivity index is 0.000000127. The number of carbonyl (C=O) groups excluding carboxylic acids is 4. The number of anilines is 7. The number of sulfone groups is 1. The Morgan fingerprint density at radius 1 is 0.352 bits per heavy atom. The number of para-hydroxylation sites is 4. The number of thiophene rings is 1. The Hall–Kier alpha value is -12.4. The summed E-state index contributed by atoms with van der Waals surface area (Å²) in [6.45, 7) is 8.90. The molecule has 0 saturated carbocycles. The Morgan fingerprint density at radius 2 is 0.657 bits per heavy atom. The predicted molar refractivity (Wildman–Crippen MR) is 424 cm³/mol. The molecule has 12 aromatic rings. The highest BCUT2D eigenvalue weighted by Gasteiger charge is 2.33. The van der Waals surface area contributed by atoms with E-state index in [4.69, 9.17) is 26.0 Å². The first-order chi connectivity index (χ1) is 52.0. The van der Waals surface area contributed by atoms with Crippen LogP contribution in [0.1, 0.15) is 41.1 Å². The largest absolute Gasteiger partial charge is 0.459 e. The Bertz CT molecular complexity index is 5570. The molecule has 7 aromatic heterocycles. The molecule has 4 fully saturated rings. The number of benzene rings is 5. The van der Waals surface area contributed by atoms with Gasteiger partial charge >= 0.3 is 0 Å². The molecule has 0 spiro atoms. The van der Waals surface area contributed by atoms with Gasteiger partial charge in [-0.1, -0.05) is 97.1 Å². The molecular formula is C79H83N15O12S2. The molecule has 4 saturated heterocycles. The van der Waals surface area contributed by atoms with Gasteiger partial charge in [0.25, 0.3) is 45.9 Å². The van der Waals surface area contributed by atoms with Crippen molar-refractivity contribution in [2.75, 3.05) is 148 Å². The minimum Gasteiger partial charge on any atom is -0.459 e. The topological polar surface area (TPSA) is 321 Å². The Labute approximate surface area is 625 Å². The molecule has 0 unspecified atom stereocenters. The van der Waals surface area contributed by atoms with E-state index in [0.717, 1.165) is 60.9 Å². The van der Waals surface area contributed by atoms with Crippen molar-refractivity contribution in [3.05, 3.63) is 245 Å². The summed E-state index contributed by atoms with van der Waals surface area (Å²) in [6, 6.07) is 50.2. The number of fused-ring (bicyclic) bond motifs is 4. The molecule has 16 rings (SSSR count). The fourth-order valence-electron chi connectivity index (χ4n) is 14.6. The predicted octanol–water partition coefficient (Wildman–Crippen LogP) is 7.40. The van der Waals surface area contributed by atoms with Gasteiger partial charge in [-0.3, -0.25) is 38.4 Å². The molecule has 11 heterocycles. The summed E-state index contributed by atoms with van der Waals surface area (Å²) in [6.07, 6.45) is 4.00. The van der Waals surface area contributed by atoms with E-state index >= 15 is 0 Å². The van der Waals surface area contributed by atoms with E-state index in [0.29, 0.717) is 133 Å². The van der Waals surface area contributed by atoms with Crippen LogP contribution in [0, 0.1) is 0 Å². The van der Waals surface area contributed by atoms with Crippen molar-refractivity contribution in [3.8, 4) is 0 Å². The number of piperazine rings is 4. The third-order valence-corrected chi connectivity index (χ3v) is 22.3. The second kappa shape index (κ2) is 31.4. The molecule has 4 aliphatic rings. The van der Waals surface area contributed by atoms with E-state index in [-0.39, 0.29) is 68.0 Å². The molecular weight excluding hydrogens is 1420 g/mol. The van der Waals surface area contributed by atoms with Gasteiger partial charge in [-0.25, -0.2) is 8.42 Å². The average Bonchev–Trinajstić information content (AvgIpc) is 0.960. The van der Waals surface area contributed by atoms with Crippen LogP contribution in [0.15, 0.2) is 215 Å². The van der Waals surface area contributed by atoms with Crippen LogP contribution in [0.25, 0.3) is 43.6 Å². The van der Waals surface area contributed by atoms with Gasteiger partial charge in [-0.15, -0.1) is 11.3 Å². The van der Waals surface area contributed by atoms with Crippen molar-refractivity contribution in [1.82, 2.24) is 37.9 Å². The van der Waals surface area contributed by atoms with Crippen molar-refractivity contribution in [2.45, 2.75) is 4.90 Å². The number of nitrogens with two attached hydrogens (primary N) is 3. The zero-order chi connectivity index (χ0) is 76.2. The summed E-state index contributed by atoms with van der Waals surface area (Å²) < 4.78 is 41.5. The number of hydrogen-bond acceptors (Lipinski definition) is 20. The maximum Gasteiger partial charge on any atom is 0.289 e. The van der Waals surface area contributed by atoms with Gasteiger partial charge < -0.3 is 83.5 Å². The van der Waals surface area contributed by atoms with Crippen molar-refractivity contribution >= 4 is 128 Å². The van der Waals surface area contributed by atoms with Crippen LogP contribution < -0.4 is 59.0 Å². The maximum absolute atomic E-state index is 12.9. The van der Waals surface area contributed by atoms with Gasteiger partial charge in [0, 0.05) is 166 Å². The lowest BCUT2D eigenvalue weighted by Gasteiger charge is -2.37. The third-order valence-electron chi connectivity index (χ3n) is 20.3. The lowest BCUT2D eigenvalue weighted by Crippen LogP contribution is -2.49. The number of nitrogen functional groups attached to an aromatic ring is 3.